The molecule has 2 aromatic carbocycles. The van der Waals surface area contributed by atoms with Gasteiger partial charge in [-0.2, -0.15) is 0 Å². The summed E-state index contributed by atoms with van der Waals surface area (Å²) in [4.78, 5) is 23.8. The molecule has 0 radical (unpaired) electrons. The molecular formula is C22H15FN2O4. The normalized spacial score (nSPS) is 11.7. The lowest BCUT2D eigenvalue weighted by Crippen LogP contribution is -2.33. The Labute approximate surface area is 163 Å². The zero-order valence-corrected chi connectivity index (χ0v) is 15.1. The zero-order valence-electron chi connectivity index (χ0n) is 15.1. The summed E-state index contributed by atoms with van der Waals surface area (Å²) in [6.45, 7) is 3.85. The molecule has 6 nitrogen and oxygen atoms in total. The SMILES string of the molecule is C=c1[nH]n(-c2ccc(C(=O)O)cc2)c(=O)c1=Cc1ccc(-c2ccccc2F)o1. The van der Waals surface area contributed by atoms with Gasteiger partial charge in [-0.3, -0.25) is 9.89 Å². The molecule has 0 saturated carbocycles. The summed E-state index contributed by atoms with van der Waals surface area (Å²) in [6.07, 6.45) is 1.52. The monoisotopic (exact) mass is 390 g/mol. The van der Waals surface area contributed by atoms with Crippen LogP contribution in [0.2, 0.25) is 0 Å². The number of furan rings is 1. The second-order valence-corrected chi connectivity index (χ2v) is 6.32. The summed E-state index contributed by atoms with van der Waals surface area (Å²) in [5.74, 6) is -0.733. The molecule has 0 aliphatic carbocycles. The maximum absolute atomic E-state index is 13.9. The van der Waals surface area contributed by atoms with Crippen molar-refractivity contribution in [2.24, 2.45) is 0 Å². The molecule has 29 heavy (non-hydrogen) atoms. The predicted octanol–water partition coefficient (Wildman–Crippen LogP) is 2.50. The Balaban J connectivity index is 1.75. The van der Waals surface area contributed by atoms with E-state index in [-0.39, 0.29) is 16.3 Å². The number of hydrogen-bond donors (Lipinski definition) is 2. The topological polar surface area (TPSA) is 88.2 Å². The van der Waals surface area contributed by atoms with Crippen LogP contribution in [0, 0.1) is 5.82 Å². The van der Waals surface area contributed by atoms with Crippen LogP contribution < -0.4 is 16.1 Å². The Morgan fingerprint density at radius 2 is 1.83 bits per heavy atom. The third kappa shape index (κ3) is 3.41. The average Bonchev–Trinajstić information content (AvgIpc) is 3.28. The largest absolute Gasteiger partial charge is 0.478 e. The van der Waals surface area contributed by atoms with Gasteiger partial charge in [-0.15, -0.1) is 0 Å². The van der Waals surface area contributed by atoms with Gasteiger partial charge in [0.05, 0.1) is 27.4 Å². The number of hydrogen-bond acceptors (Lipinski definition) is 3. The molecule has 0 amide bonds. The summed E-state index contributed by atoms with van der Waals surface area (Å²) < 4.78 is 20.9. The number of nitrogens with zero attached hydrogens (tertiary/aromatic N) is 1. The number of H-pyrrole nitrogens is 1. The van der Waals surface area contributed by atoms with E-state index < -0.39 is 11.8 Å². The van der Waals surface area contributed by atoms with Gasteiger partial charge >= 0.3 is 5.97 Å². The third-order valence-electron chi connectivity index (χ3n) is 4.43. The summed E-state index contributed by atoms with van der Waals surface area (Å²) in [7, 11) is 0. The summed E-state index contributed by atoms with van der Waals surface area (Å²) in [5, 5.41) is 12.5. The van der Waals surface area contributed by atoms with Crippen LogP contribution >= 0.6 is 0 Å². The summed E-state index contributed by atoms with van der Waals surface area (Å²) >= 11 is 0. The van der Waals surface area contributed by atoms with Gasteiger partial charge in [0.1, 0.15) is 17.3 Å². The van der Waals surface area contributed by atoms with E-state index >= 15 is 0 Å². The molecule has 0 unspecified atom stereocenters. The standard InChI is InChI=1S/C22H15FN2O4/c1-13-18(12-16-10-11-20(29-16)17-4-2-3-5-19(17)23)21(26)25(24-13)15-8-6-14(7-9-15)22(27)28/h2-12,24H,1H2,(H,27,28). The first-order valence-electron chi connectivity index (χ1n) is 8.64. The van der Waals surface area contributed by atoms with Gasteiger partial charge in [-0.05, 0) is 54.6 Å². The number of rotatable bonds is 4. The lowest BCUT2D eigenvalue weighted by molar-refractivity contribution is 0.0697. The number of aromatic nitrogens is 2. The number of aromatic carboxylic acids is 1. The lowest BCUT2D eigenvalue weighted by atomic mass is 10.1. The molecule has 2 N–H and O–H groups in total. The average molecular weight is 390 g/mol. The molecule has 0 aliphatic rings. The smallest absolute Gasteiger partial charge is 0.335 e. The Morgan fingerprint density at radius 3 is 2.52 bits per heavy atom. The predicted molar refractivity (Wildman–Crippen MR) is 106 cm³/mol. The highest BCUT2D eigenvalue weighted by molar-refractivity contribution is 5.87. The van der Waals surface area contributed by atoms with Crippen molar-refractivity contribution in [1.82, 2.24) is 9.78 Å². The number of carboxylic acids is 1. The minimum absolute atomic E-state index is 0.117. The first kappa shape index (κ1) is 18.2. The fourth-order valence-electron chi connectivity index (χ4n) is 2.96. The minimum Gasteiger partial charge on any atom is -0.478 e. The van der Waals surface area contributed by atoms with Crippen molar-refractivity contribution in [2.75, 3.05) is 0 Å². The maximum atomic E-state index is 13.9. The van der Waals surface area contributed by atoms with Crippen LogP contribution in [0.3, 0.4) is 0 Å². The molecule has 7 heteroatoms. The third-order valence-corrected chi connectivity index (χ3v) is 4.43. The van der Waals surface area contributed by atoms with Crippen LogP contribution in [0.25, 0.3) is 29.7 Å². The highest BCUT2D eigenvalue weighted by Crippen LogP contribution is 2.24. The summed E-state index contributed by atoms with van der Waals surface area (Å²) in [5.41, 5.74) is 0.538. The molecule has 0 bridgehead atoms. The van der Waals surface area contributed by atoms with Crippen LogP contribution in [0.15, 0.2) is 69.9 Å². The highest BCUT2D eigenvalue weighted by atomic mass is 19.1. The van der Waals surface area contributed by atoms with Crippen molar-refractivity contribution in [3.8, 4) is 17.0 Å². The van der Waals surface area contributed by atoms with E-state index in [1.165, 1.54) is 41.1 Å². The van der Waals surface area contributed by atoms with Crippen LogP contribution in [0.5, 0.6) is 0 Å². The highest BCUT2D eigenvalue weighted by Gasteiger charge is 2.10. The van der Waals surface area contributed by atoms with Crippen LogP contribution in [-0.4, -0.2) is 20.9 Å². The molecule has 0 fully saturated rings. The van der Waals surface area contributed by atoms with Crippen molar-refractivity contribution in [1.29, 1.82) is 0 Å². The first-order valence-corrected chi connectivity index (χ1v) is 8.64. The molecule has 0 aliphatic heterocycles. The van der Waals surface area contributed by atoms with Crippen LogP contribution in [0.4, 0.5) is 4.39 Å². The number of nitrogens with one attached hydrogen (secondary N) is 1. The molecule has 0 atom stereocenters. The van der Waals surface area contributed by atoms with Gasteiger partial charge in [0, 0.05) is 0 Å². The quantitative estimate of drug-likeness (QED) is 0.560. The van der Waals surface area contributed by atoms with Gasteiger partial charge < -0.3 is 9.52 Å². The molecular weight excluding hydrogens is 375 g/mol. The molecule has 4 rings (SSSR count). The molecule has 0 spiro atoms. The summed E-state index contributed by atoms with van der Waals surface area (Å²) in [6, 6.07) is 15.4. The minimum atomic E-state index is -1.05. The Bertz CT molecular complexity index is 1380. The van der Waals surface area contributed by atoms with Crippen molar-refractivity contribution >= 4 is 18.6 Å². The fourth-order valence-corrected chi connectivity index (χ4v) is 2.96. The van der Waals surface area contributed by atoms with Crippen LogP contribution in [0.1, 0.15) is 16.1 Å². The van der Waals surface area contributed by atoms with Crippen molar-refractivity contribution in [2.45, 2.75) is 0 Å². The number of carboxylic acid groups (broad SMARTS) is 1. The van der Waals surface area contributed by atoms with Gasteiger partial charge in [0.25, 0.3) is 5.56 Å². The Kier molecular flexibility index (Phi) is 4.48. The van der Waals surface area contributed by atoms with Crippen molar-refractivity contribution in [3.63, 3.8) is 0 Å². The number of benzene rings is 2. The van der Waals surface area contributed by atoms with E-state index in [9.17, 15) is 14.0 Å². The molecule has 0 saturated heterocycles. The van der Waals surface area contributed by atoms with E-state index in [4.69, 9.17) is 9.52 Å². The molecule has 2 aromatic heterocycles. The number of carbonyl (C=O) groups is 1. The van der Waals surface area contributed by atoms with Gasteiger partial charge in [0.15, 0.2) is 0 Å². The van der Waals surface area contributed by atoms with E-state index in [2.05, 4.69) is 11.7 Å². The lowest BCUT2D eigenvalue weighted by Gasteiger charge is -2.01. The number of halogens is 1. The van der Waals surface area contributed by atoms with Crippen molar-refractivity contribution in [3.05, 3.63) is 98.7 Å². The second kappa shape index (κ2) is 7.12. The molecule has 2 heterocycles. The molecule has 4 aromatic rings. The number of aromatic amines is 1. The van der Waals surface area contributed by atoms with E-state index in [1.807, 2.05) is 0 Å². The van der Waals surface area contributed by atoms with Crippen molar-refractivity contribution < 1.29 is 18.7 Å². The fraction of sp³-hybridized carbons (Fsp3) is 0. The van der Waals surface area contributed by atoms with E-state index in [0.29, 0.717) is 28.1 Å². The Hall–Kier alpha value is -4.13. The second-order valence-electron chi connectivity index (χ2n) is 6.32. The molecule has 144 valence electrons. The van der Waals surface area contributed by atoms with E-state index in [0.717, 1.165) is 0 Å². The first-order chi connectivity index (χ1) is 13.9. The zero-order chi connectivity index (χ0) is 20.5. The maximum Gasteiger partial charge on any atom is 0.335 e. The Morgan fingerprint density at radius 1 is 1.10 bits per heavy atom. The van der Waals surface area contributed by atoms with Crippen LogP contribution in [-0.2, 0) is 0 Å². The van der Waals surface area contributed by atoms with Gasteiger partial charge in [0.2, 0.25) is 0 Å². The van der Waals surface area contributed by atoms with Gasteiger partial charge in [-0.25, -0.2) is 13.9 Å². The van der Waals surface area contributed by atoms with Gasteiger partial charge in [-0.1, -0.05) is 18.7 Å². The van der Waals surface area contributed by atoms with E-state index in [1.54, 1.807) is 30.3 Å².